The smallest absolute Gasteiger partial charge is 0.407 e. The minimum Gasteiger partial charge on any atom is -0.449 e. The van der Waals surface area contributed by atoms with Crippen molar-refractivity contribution in [3.8, 4) is 0 Å². The fourth-order valence-electron chi connectivity index (χ4n) is 1.29. The van der Waals surface area contributed by atoms with Crippen molar-refractivity contribution in [2.75, 3.05) is 13.2 Å². The first kappa shape index (κ1) is 13.6. The second-order valence-corrected chi connectivity index (χ2v) is 5.30. The van der Waals surface area contributed by atoms with Crippen molar-refractivity contribution in [2.45, 2.75) is 27.2 Å². The molecule has 0 spiro atoms. The fourth-order valence-corrected chi connectivity index (χ4v) is 1.29. The van der Waals surface area contributed by atoms with E-state index in [9.17, 15) is 4.79 Å². The lowest BCUT2D eigenvalue weighted by Gasteiger charge is -2.17. The SMILES string of the molecule is CC(C)(C)COC(=O)NCCc1ccccc1. The summed E-state index contributed by atoms with van der Waals surface area (Å²) in [6.07, 6.45) is 0.488. The van der Waals surface area contributed by atoms with E-state index < -0.39 is 0 Å². The summed E-state index contributed by atoms with van der Waals surface area (Å²) in [5.74, 6) is 0. The van der Waals surface area contributed by atoms with E-state index in [2.05, 4.69) is 5.32 Å². The van der Waals surface area contributed by atoms with Crippen LogP contribution in [0.2, 0.25) is 0 Å². The van der Waals surface area contributed by atoms with Gasteiger partial charge in [-0.3, -0.25) is 0 Å². The van der Waals surface area contributed by atoms with Crippen molar-refractivity contribution in [3.63, 3.8) is 0 Å². The lowest BCUT2D eigenvalue weighted by Crippen LogP contribution is -2.29. The Hall–Kier alpha value is -1.51. The maximum absolute atomic E-state index is 11.3. The van der Waals surface area contributed by atoms with E-state index in [-0.39, 0.29) is 11.5 Å². The summed E-state index contributed by atoms with van der Waals surface area (Å²) in [5, 5.41) is 2.74. The average Bonchev–Trinajstić information content (AvgIpc) is 2.27. The Balaban J connectivity index is 2.17. The van der Waals surface area contributed by atoms with Crippen molar-refractivity contribution in [3.05, 3.63) is 35.9 Å². The van der Waals surface area contributed by atoms with E-state index in [4.69, 9.17) is 4.74 Å². The molecule has 0 aliphatic carbocycles. The van der Waals surface area contributed by atoms with Crippen molar-refractivity contribution in [2.24, 2.45) is 5.41 Å². The zero-order valence-electron chi connectivity index (χ0n) is 10.8. The molecule has 1 aromatic carbocycles. The van der Waals surface area contributed by atoms with Crippen molar-refractivity contribution >= 4 is 6.09 Å². The predicted octanol–water partition coefficient (Wildman–Crippen LogP) is 3.00. The molecular weight excluding hydrogens is 214 g/mol. The average molecular weight is 235 g/mol. The van der Waals surface area contributed by atoms with Crippen LogP contribution in [-0.2, 0) is 11.2 Å². The molecule has 3 nitrogen and oxygen atoms in total. The molecule has 94 valence electrons. The van der Waals surface area contributed by atoms with Gasteiger partial charge in [-0.2, -0.15) is 0 Å². The number of hydrogen-bond acceptors (Lipinski definition) is 2. The zero-order chi connectivity index (χ0) is 12.7. The molecule has 1 rings (SSSR count). The highest BCUT2D eigenvalue weighted by atomic mass is 16.5. The van der Waals surface area contributed by atoms with E-state index in [1.165, 1.54) is 5.56 Å². The molecule has 0 fully saturated rings. The van der Waals surface area contributed by atoms with E-state index in [1.54, 1.807) is 0 Å². The largest absolute Gasteiger partial charge is 0.449 e. The van der Waals surface area contributed by atoms with Crippen LogP contribution >= 0.6 is 0 Å². The fraction of sp³-hybridized carbons (Fsp3) is 0.500. The number of hydrogen-bond donors (Lipinski definition) is 1. The maximum atomic E-state index is 11.3. The summed E-state index contributed by atoms with van der Waals surface area (Å²) in [6, 6.07) is 10.1. The molecule has 0 saturated heterocycles. The summed E-state index contributed by atoms with van der Waals surface area (Å²) in [5.41, 5.74) is 1.22. The third-order valence-corrected chi connectivity index (χ3v) is 2.16. The minimum absolute atomic E-state index is 0.0107. The van der Waals surface area contributed by atoms with Crippen LogP contribution in [0.15, 0.2) is 30.3 Å². The van der Waals surface area contributed by atoms with Gasteiger partial charge in [0, 0.05) is 6.54 Å². The van der Waals surface area contributed by atoms with Gasteiger partial charge in [0.1, 0.15) is 0 Å². The second kappa shape index (κ2) is 6.28. The Morgan fingerprint density at radius 2 is 1.88 bits per heavy atom. The highest BCUT2D eigenvalue weighted by molar-refractivity contribution is 5.67. The molecule has 0 unspecified atom stereocenters. The highest BCUT2D eigenvalue weighted by Gasteiger charge is 2.13. The number of alkyl carbamates (subject to hydrolysis) is 1. The first-order valence-electron chi connectivity index (χ1n) is 5.92. The van der Waals surface area contributed by atoms with Crippen molar-refractivity contribution in [1.82, 2.24) is 5.32 Å². The Morgan fingerprint density at radius 3 is 2.47 bits per heavy atom. The molecular formula is C14H21NO2. The van der Waals surface area contributed by atoms with Gasteiger partial charge >= 0.3 is 6.09 Å². The lowest BCUT2D eigenvalue weighted by atomic mass is 9.99. The number of amides is 1. The van der Waals surface area contributed by atoms with E-state index in [0.717, 1.165) is 6.42 Å². The van der Waals surface area contributed by atoms with Crippen molar-refractivity contribution < 1.29 is 9.53 Å². The van der Waals surface area contributed by atoms with Gasteiger partial charge in [0.05, 0.1) is 6.61 Å². The quantitative estimate of drug-likeness (QED) is 0.871. The van der Waals surface area contributed by atoms with Gasteiger partial charge in [0.25, 0.3) is 0 Å². The Labute approximate surface area is 103 Å². The third-order valence-electron chi connectivity index (χ3n) is 2.16. The Morgan fingerprint density at radius 1 is 1.24 bits per heavy atom. The molecule has 0 aliphatic heterocycles. The molecule has 0 saturated carbocycles. The second-order valence-electron chi connectivity index (χ2n) is 5.30. The molecule has 0 bridgehead atoms. The van der Waals surface area contributed by atoms with Crippen LogP contribution in [0.5, 0.6) is 0 Å². The first-order chi connectivity index (χ1) is 7.97. The number of nitrogens with one attached hydrogen (secondary N) is 1. The Bertz CT molecular complexity index is 341. The predicted molar refractivity (Wildman–Crippen MR) is 69.0 cm³/mol. The zero-order valence-corrected chi connectivity index (χ0v) is 10.8. The van der Waals surface area contributed by atoms with Crippen LogP contribution in [-0.4, -0.2) is 19.2 Å². The molecule has 0 atom stereocenters. The summed E-state index contributed by atoms with van der Waals surface area (Å²) in [4.78, 5) is 11.3. The van der Waals surface area contributed by atoms with Gasteiger partial charge in [-0.25, -0.2) is 4.79 Å². The molecule has 0 heterocycles. The van der Waals surface area contributed by atoms with E-state index in [0.29, 0.717) is 13.2 Å². The molecule has 1 amide bonds. The molecule has 17 heavy (non-hydrogen) atoms. The van der Waals surface area contributed by atoms with Crippen LogP contribution in [0.4, 0.5) is 4.79 Å². The summed E-state index contributed by atoms with van der Waals surface area (Å²) in [7, 11) is 0. The van der Waals surface area contributed by atoms with Crippen LogP contribution in [0.3, 0.4) is 0 Å². The molecule has 0 aromatic heterocycles. The molecule has 1 N–H and O–H groups in total. The van der Waals surface area contributed by atoms with Gasteiger partial charge in [-0.15, -0.1) is 0 Å². The number of benzene rings is 1. The van der Waals surface area contributed by atoms with Crippen LogP contribution in [0.25, 0.3) is 0 Å². The highest BCUT2D eigenvalue weighted by Crippen LogP contribution is 2.12. The van der Waals surface area contributed by atoms with E-state index in [1.807, 2.05) is 51.1 Å². The minimum atomic E-state index is -0.337. The van der Waals surface area contributed by atoms with Crippen LogP contribution in [0.1, 0.15) is 26.3 Å². The number of carbonyl (C=O) groups is 1. The van der Waals surface area contributed by atoms with E-state index >= 15 is 0 Å². The van der Waals surface area contributed by atoms with Crippen molar-refractivity contribution in [1.29, 1.82) is 0 Å². The summed E-state index contributed by atoms with van der Waals surface area (Å²) < 4.78 is 5.09. The van der Waals surface area contributed by atoms with Gasteiger partial charge in [-0.05, 0) is 17.4 Å². The molecule has 1 aromatic rings. The summed E-state index contributed by atoms with van der Waals surface area (Å²) >= 11 is 0. The third kappa shape index (κ3) is 6.61. The molecule has 0 radical (unpaired) electrons. The Kier molecular flexibility index (Phi) is 5.01. The first-order valence-corrected chi connectivity index (χ1v) is 5.92. The lowest BCUT2D eigenvalue weighted by molar-refractivity contribution is 0.106. The van der Waals surface area contributed by atoms with Crippen LogP contribution in [0, 0.1) is 5.41 Å². The maximum Gasteiger partial charge on any atom is 0.407 e. The summed E-state index contributed by atoms with van der Waals surface area (Å²) in [6.45, 7) is 7.13. The number of rotatable bonds is 4. The molecule has 0 aliphatic rings. The van der Waals surface area contributed by atoms with Gasteiger partial charge in [0.15, 0.2) is 0 Å². The normalized spacial score (nSPS) is 11.0. The van der Waals surface area contributed by atoms with Gasteiger partial charge in [0.2, 0.25) is 0 Å². The van der Waals surface area contributed by atoms with Gasteiger partial charge in [-0.1, -0.05) is 51.1 Å². The monoisotopic (exact) mass is 235 g/mol. The number of ether oxygens (including phenoxy) is 1. The standard InChI is InChI=1S/C14H21NO2/c1-14(2,3)11-17-13(16)15-10-9-12-7-5-4-6-8-12/h4-8H,9-11H2,1-3H3,(H,15,16). The van der Waals surface area contributed by atoms with Gasteiger partial charge < -0.3 is 10.1 Å². The van der Waals surface area contributed by atoms with Crippen LogP contribution < -0.4 is 5.32 Å². The number of carbonyl (C=O) groups excluding carboxylic acids is 1. The molecule has 3 heteroatoms. The topological polar surface area (TPSA) is 38.3 Å².